The molecule has 2 aliphatic heterocycles. The first-order valence-electron chi connectivity index (χ1n) is 10.4. The number of carbonyl (C=O) groups excluding carboxylic acids is 1. The minimum absolute atomic E-state index is 0. The molecule has 2 saturated heterocycles. The van der Waals surface area contributed by atoms with Crippen molar-refractivity contribution < 1.29 is 4.79 Å². The van der Waals surface area contributed by atoms with Crippen molar-refractivity contribution >= 4 is 30.7 Å². The molecule has 1 aromatic carbocycles. The maximum Gasteiger partial charge on any atom is 0.222 e. The summed E-state index contributed by atoms with van der Waals surface area (Å²) in [5.74, 6) is 1.46. The molecule has 1 aromatic rings. The third kappa shape index (κ3) is 7.22. The molecule has 0 aromatic heterocycles. The topological polar surface area (TPSA) is 35.6 Å². The standard InChI is InChI=1S/C22H35N3O.2ClH/c1-18(20-10-6-12-23-15-20)14-22(26)24(2)21-11-7-13-25(17-21)16-19-8-4-3-5-9-19;;/h3-5,8-9,18,20-21,23H,6-7,10-17H2,1-2H3;2*1H. The lowest BCUT2D eigenvalue weighted by atomic mass is 9.85. The average molecular weight is 430 g/mol. The van der Waals surface area contributed by atoms with Crippen LogP contribution >= 0.6 is 24.8 Å². The lowest BCUT2D eigenvalue weighted by molar-refractivity contribution is -0.134. The van der Waals surface area contributed by atoms with Crippen molar-refractivity contribution in [3.8, 4) is 0 Å². The fourth-order valence-electron chi connectivity index (χ4n) is 4.49. The summed E-state index contributed by atoms with van der Waals surface area (Å²) in [7, 11) is 2.02. The van der Waals surface area contributed by atoms with Crippen LogP contribution in [0.4, 0.5) is 0 Å². The number of amides is 1. The number of carbonyl (C=O) groups is 1. The molecule has 0 bridgehead atoms. The first-order chi connectivity index (χ1) is 12.6. The van der Waals surface area contributed by atoms with Crippen molar-refractivity contribution in [2.45, 2.75) is 51.6 Å². The van der Waals surface area contributed by atoms with Crippen LogP contribution in [0.15, 0.2) is 30.3 Å². The monoisotopic (exact) mass is 429 g/mol. The van der Waals surface area contributed by atoms with E-state index in [2.05, 4.69) is 47.5 Å². The maximum atomic E-state index is 12.8. The summed E-state index contributed by atoms with van der Waals surface area (Å²) in [6, 6.07) is 11.0. The second-order valence-corrected chi connectivity index (χ2v) is 8.31. The number of benzene rings is 1. The molecule has 3 rings (SSSR count). The molecule has 28 heavy (non-hydrogen) atoms. The van der Waals surface area contributed by atoms with E-state index in [-0.39, 0.29) is 24.8 Å². The molecular weight excluding hydrogens is 393 g/mol. The molecule has 1 N–H and O–H groups in total. The first kappa shape index (κ1) is 25.2. The third-order valence-electron chi connectivity index (χ3n) is 6.31. The van der Waals surface area contributed by atoms with E-state index in [1.807, 2.05) is 11.9 Å². The zero-order valence-electron chi connectivity index (χ0n) is 17.3. The van der Waals surface area contributed by atoms with Gasteiger partial charge in [0.15, 0.2) is 0 Å². The molecule has 0 saturated carbocycles. The van der Waals surface area contributed by atoms with Gasteiger partial charge in [-0.15, -0.1) is 24.8 Å². The van der Waals surface area contributed by atoms with Crippen molar-refractivity contribution in [3.05, 3.63) is 35.9 Å². The van der Waals surface area contributed by atoms with Gasteiger partial charge < -0.3 is 10.2 Å². The Morgan fingerprint density at radius 2 is 1.96 bits per heavy atom. The number of nitrogens with zero attached hydrogens (tertiary/aromatic N) is 2. The summed E-state index contributed by atoms with van der Waals surface area (Å²) < 4.78 is 0. The van der Waals surface area contributed by atoms with Crippen molar-refractivity contribution in [2.75, 3.05) is 33.2 Å². The number of hydrogen-bond acceptors (Lipinski definition) is 3. The fraction of sp³-hybridized carbons (Fsp3) is 0.682. The first-order valence-corrected chi connectivity index (χ1v) is 10.4. The summed E-state index contributed by atoms with van der Waals surface area (Å²) in [6.07, 6.45) is 5.51. The highest BCUT2D eigenvalue weighted by Gasteiger charge is 2.28. The van der Waals surface area contributed by atoms with Crippen LogP contribution in [-0.4, -0.2) is 55.0 Å². The number of piperidine rings is 2. The highest BCUT2D eigenvalue weighted by Crippen LogP contribution is 2.24. The van der Waals surface area contributed by atoms with E-state index < -0.39 is 0 Å². The lowest BCUT2D eigenvalue weighted by Gasteiger charge is -2.38. The van der Waals surface area contributed by atoms with Crippen LogP contribution in [0.1, 0.15) is 44.6 Å². The molecule has 2 heterocycles. The van der Waals surface area contributed by atoms with Crippen LogP contribution < -0.4 is 5.32 Å². The summed E-state index contributed by atoms with van der Waals surface area (Å²) >= 11 is 0. The van der Waals surface area contributed by atoms with E-state index in [1.54, 1.807) is 0 Å². The minimum atomic E-state index is 0. The molecule has 160 valence electrons. The van der Waals surface area contributed by atoms with Gasteiger partial charge in [0.2, 0.25) is 5.91 Å². The van der Waals surface area contributed by atoms with Gasteiger partial charge in [-0.2, -0.15) is 0 Å². The molecule has 6 heteroatoms. The molecule has 2 aliphatic rings. The van der Waals surface area contributed by atoms with Gasteiger partial charge in [0.1, 0.15) is 0 Å². The zero-order chi connectivity index (χ0) is 18.4. The number of rotatable bonds is 6. The van der Waals surface area contributed by atoms with Crippen molar-refractivity contribution in [2.24, 2.45) is 11.8 Å². The second-order valence-electron chi connectivity index (χ2n) is 8.31. The van der Waals surface area contributed by atoms with E-state index in [0.29, 0.717) is 30.2 Å². The van der Waals surface area contributed by atoms with Gasteiger partial charge in [-0.25, -0.2) is 0 Å². The summed E-state index contributed by atoms with van der Waals surface area (Å²) in [5.41, 5.74) is 1.36. The van der Waals surface area contributed by atoms with Crippen LogP contribution in [-0.2, 0) is 11.3 Å². The smallest absolute Gasteiger partial charge is 0.222 e. The van der Waals surface area contributed by atoms with Crippen molar-refractivity contribution in [3.63, 3.8) is 0 Å². The van der Waals surface area contributed by atoms with Gasteiger partial charge in [0.25, 0.3) is 0 Å². The van der Waals surface area contributed by atoms with E-state index in [1.165, 1.54) is 24.8 Å². The van der Waals surface area contributed by atoms with Gasteiger partial charge in [-0.1, -0.05) is 37.3 Å². The molecule has 2 fully saturated rings. The van der Waals surface area contributed by atoms with Gasteiger partial charge in [-0.05, 0) is 62.7 Å². The van der Waals surface area contributed by atoms with Gasteiger partial charge in [0, 0.05) is 32.6 Å². The number of likely N-dealkylation sites (N-methyl/N-ethyl adjacent to an activating group) is 1. The SMILES string of the molecule is CC(CC(=O)N(C)C1CCCN(Cc2ccccc2)C1)C1CCCNC1.Cl.Cl. The molecular formula is C22H37Cl2N3O. The van der Waals surface area contributed by atoms with E-state index >= 15 is 0 Å². The minimum Gasteiger partial charge on any atom is -0.341 e. The predicted molar refractivity (Wildman–Crippen MR) is 121 cm³/mol. The van der Waals surface area contributed by atoms with Crippen molar-refractivity contribution in [1.82, 2.24) is 15.1 Å². The van der Waals surface area contributed by atoms with Gasteiger partial charge in [0.05, 0.1) is 0 Å². The fourth-order valence-corrected chi connectivity index (χ4v) is 4.49. The molecule has 4 nitrogen and oxygen atoms in total. The van der Waals surface area contributed by atoms with E-state index in [4.69, 9.17) is 0 Å². The van der Waals surface area contributed by atoms with Crippen molar-refractivity contribution in [1.29, 1.82) is 0 Å². The van der Waals surface area contributed by atoms with E-state index in [9.17, 15) is 4.79 Å². The molecule has 0 radical (unpaired) electrons. The Morgan fingerprint density at radius 1 is 1.21 bits per heavy atom. The number of hydrogen-bond donors (Lipinski definition) is 1. The quantitative estimate of drug-likeness (QED) is 0.742. The van der Waals surface area contributed by atoms with Crippen LogP contribution in [0.25, 0.3) is 0 Å². The molecule has 3 atom stereocenters. The Morgan fingerprint density at radius 3 is 2.64 bits per heavy atom. The Bertz CT molecular complexity index is 566. The van der Waals surface area contributed by atoms with E-state index in [0.717, 1.165) is 39.1 Å². The Balaban J connectivity index is 0.00000196. The second kappa shape index (κ2) is 12.7. The Labute approximate surface area is 183 Å². The highest BCUT2D eigenvalue weighted by molar-refractivity contribution is 5.85. The average Bonchev–Trinajstić information content (AvgIpc) is 2.69. The number of halogens is 2. The van der Waals surface area contributed by atoms with Crippen LogP contribution in [0.2, 0.25) is 0 Å². The summed E-state index contributed by atoms with van der Waals surface area (Å²) in [5, 5.41) is 3.48. The van der Waals surface area contributed by atoms with Crippen LogP contribution in [0, 0.1) is 11.8 Å². The zero-order valence-corrected chi connectivity index (χ0v) is 18.9. The predicted octanol–water partition coefficient (Wildman–Crippen LogP) is 3.98. The summed E-state index contributed by atoms with van der Waals surface area (Å²) in [4.78, 5) is 17.4. The Kier molecular flexibility index (Phi) is 11.4. The van der Waals surface area contributed by atoms with Gasteiger partial charge >= 0.3 is 0 Å². The third-order valence-corrected chi connectivity index (χ3v) is 6.31. The number of likely N-dealkylation sites (tertiary alicyclic amines) is 1. The maximum absolute atomic E-state index is 12.8. The lowest BCUT2D eigenvalue weighted by Crippen LogP contribution is -2.48. The molecule has 0 spiro atoms. The normalized spacial score (nSPS) is 23.8. The van der Waals surface area contributed by atoms with Crippen LogP contribution in [0.5, 0.6) is 0 Å². The Hall–Kier alpha value is -0.810. The summed E-state index contributed by atoms with van der Waals surface area (Å²) in [6.45, 7) is 7.59. The number of nitrogens with one attached hydrogen (secondary N) is 1. The van der Waals surface area contributed by atoms with Gasteiger partial charge in [-0.3, -0.25) is 9.69 Å². The molecule has 3 unspecified atom stereocenters. The van der Waals surface area contributed by atoms with Crippen LogP contribution in [0.3, 0.4) is 0 Å². The highest BCUT2D eigenvalue weighted by atomic mass is 35.5. The largest absolute Gasteiger partial charge is 0.341 e. The molecule has 0 aliphatic carbocycles. The molecule has 1 amide bonds.